The molecule has 0 heterocycles. The normalized spacial score (nSPS) is 11.1. The van der Waals surface area contributed by atoms with Crippen LogP contribution in [0.4, 0.5) is 0 Å². The highest BCUT2D eigenvalue weighted by atomic mass is 16.5. The van der Waals surface area contributed by atoms with E-state index in [2.05, 4.69) is 4.74 Å². The van der Waals surface area contributed by atoms with Crippen LogP contribution in [-0.4, -0.2) is 18.9 Å². The van der Waals surface area contributed by atoms with Gasteiger partial charge in [0.1, 0.15) is 5.78 Å². The van der Waals surface area contributed by atoms with Crippen molar-refractivity contribution in [3.05, 3.63) is 41.5 Å². The fourth-order valence-corrected chi connectivity index (χ4v) is 1.49. The summed E-state index contributed by atoms with van der Waals surface area (Å²) < 4.78 is 4.56. The van der Waals surface area contributed by atoms with E-state index in [0.29, 0.717) is 6.42 Å². The molecule has 1 rings (SSSR count). The van der Waals surface area contributed by atoms with Gasteiger partial charge in [0.2, 0.25) is 0 Å². The molecule has 0 saturated carbocycles. The number of carbonyl (C=O) groups is 2. The Morgan fingerprint density at radius 3 is 2.24 bits per heavy atom. The number of methoxy groups -OCH3 is 1. The molecule has 0 N–H and O–H groups in total. The number of ketones is 1. The van der Waals surface area contributed by atoms with Gasteiger partial charge in [-0.2, -0.15) is 0 Å². The van der Waals surface area contributed by atoms with Crippen LogP contribution in [0.25, 0.3) is 5.57 Å². The molecule has 0 aromatic heterocycles. The van der Waals surface area contributed by atoms with Crippen molar-refractivity contribution < 1.29 is 14.3 Å². The minimum Gasteiger partial charge on any atom is -0.466 e. The molecular weight excluding hydrogens is 216 g/mol. The Kier molecular flexibility index (Phi) is 4.64. The first-order chi connectivity index (χ1) is 8.02. The van der Waals surface area contributed by atoms with Crippen molar-refractivity contribution in [2.24, 2.45) is 0 Å². The Bertz CT molecular complexity index is 441. The summed E-state index contributed by atoms with van der Waals surface area (Å²) >= 11 is 0. The zero-order valence-electron chi connectivity index (χ0n) is 10.3. The Hall–Kier alpha value is -1.90. The minimum absolute atomic E-state index is 0.138. The van der Waals surface area contributed by atoms with E-state index >= 15 is 0 Å². The second-order valence-corrected chi connectivity index (χ2v) is 3.93. The van der Waals surface area contributed by atoms with Gasteiger partial charge in [-0.25, -0.2) is 4.79 Å². The Morgan fingerprint density at radius 2 is 1.76 bits per heavy atom. The predicted octanol–water partition coefficient (Wildman–Crippen LogP) is 2.39. The average molecular weight is 232 g/mol. The van der Waals surface area contributed by atoms with Gasteiger partial charge in [0, 0.05) is 12.5 Å². The van der Waals surface area contributed by atoms with Gasteiger partial charge in [-0.05, 0) is 30.5 Å². The maximum absolute atomic E-state index is 11.1. The summed E-state index contributed by atoms with van der Waals surface area (Å²) in [5, 5.41) is 0. The van der Waals surface area contributed by atoms with Crippen molar-refractivity contribution in [1.29, 1.82) is 0 Å². The van der Waals surface area contributed by atoms with Gasteiger partial charge in [-0.1, -0.05) is 24.3 Å². The molecule has 0 radical (unpaired) electrons. The van der Waals surface area contributed by atoms with Crippen LogP contribution in [0.15, 0.2) is 30.3 Å². The lowest BCUT2D eigenvalue weighted by Crippen LogP contribution is -1.97. The first-order valence-corrected chi connectivity index (χ1v) is 5.38. The summed E-state index contributed by atoms with van der Waals surface area (Å²) in [6.45, 7) is 3.41. The molecular formula is C14H16O3. The lowest BCUT2D eigenvalue weighted by molar-refractivity contribution is -0.134. The van der Waals surface area contributed by atoms with E-state index in [1.165, 1.54) is 13.2 Å². The van der Waals surface area contributed by atoms with Crippen molar-refractivity contribution in [3.63, 3.8) is 0 Å². The summed E-state index contributed by atoms with van der Waals surface area (Å²) in [6.07, 6.45) is 1.89. The number of hydrogen-bond donors (Lipinski definition) is 0. The summed E-state index contributed by atoms with van der Waals surface area (Å²) in [4.78, 5) is 22.0. The number of rotatable bonds is 4. The SMILES string of the molecule is COC(=O)C=C(C)c1ccc(CC(C)=O)cc1. The first kappa shape index (κ1) is 13.2. The second kappa shape index (κ2) is 5.99. The van der Waals surface area contributed by atoms with Gasteiger partial charge < -0.3 is 4.74 Å². The van der Waals surface area contributed by atoms with Crippen molar-refractivity contribution in [3.8, 4) is 0 Å². The standard InChI is InChI=1S/C14H16O3/c1-10(8-14(16)17-3)13-6-4-12(5-7-13)9-11(2)15/h4-8H,9H2,1-3H3. The minimum atomic E-state index is -0.365. The van der Waals surface area contributed by atoms with Crippen LogP contribution >= 0.6 is 0 Å². The van der Waals surface area contributed by atoms with E-state index in [1.807, 2.05) is 31.2 Å². The third-order valence-corrected chi connectivity index (χ3v) is 2.40. The zero-order chi connectivity index (χ0) is 12.8. The first-order valence-electron chi connectivity index (χ1n) is 5.38. The number of benzene rings is 1. The Morgan fingerprint density at radius 1 is 1.18 bits per heavy atom. The topological polar surface area (TPSA) is 43.4 Å². The lowest BCUT2D eigenvalue weighted by Gasteiger charge is -2.03. The number of ether oxygens (including phenoxy) is 1. The fraction of sp³-hybridized carbons (Fsp3) is 0.286. The molecule has 0 spiro atoms. The third-order valence-electron chi connectivity index (χ3n) is 2.40. The second-order valence-electron chi connectivity index (χ2n) is 3.93. The van der Waals surface area contributed by atoms with Crippen molar-refractivity contribution in [2.45, 2.75) is 20.3 Å². The molecule has 0 unspecified atom stereocenters. The Labute approximate surface area is 101 Å². The molecule has 0 bridgehead atoms. The molecule has 3 heteroatoms. The van der Waals surface area contributed by atoms with E-state index in [0.717, 1.165) is 16.7 Å². The number of esters is 1. The summed E-state index contributed by atoms with van der Waals surface area (Å²) in [7, 11) is 1.35. The molecule has 1 aromatic rings. The molecule has 0 amide bonds. The van der Waals surface area contributed by atoms with E-state index in [9.17, 15) is 9.59 Å². The van der Waals surface area contributed by atoms with Gasteiger partial charge >= 0.3 is 5.97 Å². The quantitative estimate of drug-likeness (QED) is 0.591. The molecule has 1 aromatic carbocycles. The monoisotopic (exact) mass is 232 g/mol. The summed E-state index contributed by atoms with van der Waals surface area (Å²) in [6, 6.07) is 7.58. The van der Waals surface area contributed by atoms with Gasteiger partial charge in [0.05, 0.1) is 7.11 Å². The maximum atomic E-state index is 11.1. The van der Waals surface area contributed by atoms with Crippen LogP contribution in [0.1, 0.15) is 25.0 Å². The van der Waals surface area contributed by atoms with Crippen LogP contribution in [-0.2, 0) is 20.7 Å². The predicted molar refractivity (Wildman–Crippen MR) is 66.5 cm³/mol. The van der Waals surface area contributed by atoms with Crippen molar-refractivity contribution in [2.75, 3.05) is 7.11 Å². The van der Waals surface area contributed by atoms with Crippen LogP contribution in [0.3, 0.4) is 0 Å². The molecule has 0 aliphatic rings. The number of allylic oxidation sites excluding steroid dienone is 1. The smallest absolute Gasteiger partial charge is 0.330 e. The van der Waals surface area contributed by atoms with Crippen LogP contribution in [0, 0.1) is 0 Å². The van der Waals surface area contributed by atoms with E-state index in [4.69, 9.17) is 0 Å². The maximum Gasteiger partial charge on any atom is 0.330 e. The van der Waals surface area contributed by atoms with Gasteiger partial charge in [-0.15, -0.1) is 0 Å². The van der Waals surface area contributed by atoms with Crippen LogP contribution < -0.4 is 0 Å². The highest BCUT2D eigenvalue weighted by Gasteiger charge is 2.01. The molecule has 0 atom stereocenters. The molecule has 3 nitrogen and oxygen atoms in total. The van der Waals surface area contributed by atoms with E-state index in [-0.39, 0.29) is 11.8 Å². The molecule has 17 heavy (non-hydrogen) atoms. The highest BCUT2D eigenvalue weighted by Crippen LogP contribution is 2.15. The molecule has 0 aliphatic carbocycles. The molecule has 0 saturated heterocycles. The Balaban J connectivity index is 2.83. The average Bonchev–Trinajstić information content (AvgIpc) is 2.28. The van der Waals surface area contributed by atoms with Crippen LogP contribution in [0.2, 0.25) is 0 Å². The molecule has 90 valence electrons. The third kappa shape index (κ3) is 4.23. The molecule has 0 fully saturated rings. The largest absolute Gasteiger partial charge is 0.466 e. The van der Waals surface area contributed by atoms with Crippen molar-refractivity contribution >= 4 is 17.3 Å². The number of carbonyl (C=O) groups excluding carboxylic acids is 2. The van der Waals surface area contributed by atoms with E-state index in [1.54, 1.807) is 6.92 Å². The zero-order valence-corrected chi connectivity index (χ0v) is 10.3. The van der Waals surface area contributed by atoms with Crippen molar-refractivity contribution in [1.82, 2.24) is 0 Å². The summed E-state index contributed by atoms with van der Waals surface area (Å²) in [5.74, 6) is -0.227. The molecule has 0 aliphatic heterocycles. The fourth-order valence-electron chi connectivity index (χ4n) is 1.49. The van der Waals surface area contributed by atoms with Crippen LogP contribution in [0.5, 0.6) is 0 Å². The number of hydrogen-bond acceptors (Lipinski definition) is 3. The van der Waals surface area contributed by atoms with Gasteiger partial charge in [-0.3, -0.25) is 4.79 Å². The van der Waals surface area contributed by atoms with Gasteiger partial charge in [0.25, 0.3) is 0 Å². The number of Topliss-reactive ketones (excluding diaryl/α,β-unsaturated/α-hetero) is 1. The van der Waals surface area contributed by atoms with Gasteiger partial charge in [0.15, 0.2) is 0 Å². The summed E-state index contributed by atoms with van der Waals surface area (Å²) in [5.41, 5.74) is 2.76. The van der Waals surface area contributed by atoms with E-state index < -0.39 is 0 Å². The highest BCUT2D eigenvalue weighted by molar-refractivity contribution is 5.90. The lowest BCUT2D eigenvalue weighted by atomic mass is 10.0.